The smallest absolute Gasteiger partial charge is 0.129 e. The summed E-state index contributed by atoms with van der Waals surface area (Å²) < 4.78 is 13.5. The van der Waals surface area contributed by atoms with Crippen LogP contribution in [0.2, 0.25) is 0 Å². The zero-order valence-corrected chi connectivity index (χ0v) is 12.0. The first-order chi connectivity index (χ1) is 9.19. The van der Waals surface area contributed by atoms with E-state index in [1.807, 2.05) is 0 Å². The molecular formula is C16H26FNO. The molecule has 2 atom stereocenters. The van der Waals surface area contributed by atoms with Crippen LogP contribution in [-0.2, 0) is 0 Å². The van der Waals surface area contributed by atoms with Crippen molar-refractivity contribution in [1.29, 1.82) is 0 Å². The van der Waals surface area contributed by atoms with Gasteiger partial charge in [0.15, 0.2) is 0 Å². The van der Waals surface area contributed by atoms with Crippen LogP contribution in [0.4, 0.5) is 4.39 Å². The van der Waals surface area contributed by atoms with Gasteiger partial charge in [-0.1, -0.05) is 51.3 Å². The zero-order valence-electron chi connectivity index (χ0n) is 12.0. The number of unbranched alkanes of at least 4 members (excludes halogenated alkanes) is 1. The van der Waals surface area contributed by atoms with Gasteiger partial charge >= 0.3 is 0 Å². The molecule has 2 nitrogen and oxygen atoms in total. The summed E-state index contributed by atoms with van der Waals surface area (Å²) in [5.41, 5.74) is 0.376. The third-order valence-electron chi connectivity index (χ3n) is 3.41. The van der Waals surface area contributed by atoms with Crippen LogP contribution < -0.4 is 5.32 Å². The van der Waals surface area contributed by atoms with E-state index in [2.05, 4.69) is 19.2 Å². The lowest BCUT2D eigenvalue weighted by atomic mass is 10.0. The molecule has 2 unspecified atom stereocenters. The van der Waals surface area contributed by atoms with Crippen molar-refractivity contribution in [1.82, 2.24) is 5.32 Å². The number of hydrogen-bond acceptors (Lipinski definition) is 2. The summed E-state index contributed by atoms with van der Waals surface area (Å²) in [5.74, 6) is -0.336. The van der Waals surface area contributed by atoms with E-state index in [1.165, 1.54) is 18.9 Å². The maximum atomic E-state index is 13.5. The Morgan fingerprint density at radius 1 is 1.16 bits per heavy atom. The molecule has 108 valence electrons. The first-order valence-corrected chi connectivity index (χ1v) is 7.34. The predicted octanol–water partition coefficient (Wildman–Crippen LogP) is 3.81. The molecule has 0 aliphatic heterocycles. The minimum absolute atomic E-state index is 0.336. The summed E-state index contributed by atoms with van der Waals surface area (Å²) in [5, 5.41) is 13.4. The van der Waals surface area contributed by atoms with E-state index in [0.717, 1.165) is 19.3 Å². The number of benzene rings is 1. The van der Waals surface area contributed by atoms with Gasteiger partial charge in [-0.05, 0) is 18.9 Å². The van der Waals surface area contributed by atoms with Gasteiger partial charge in [-0.25, -0.2) is 4.39 Å². The quantitative estimate of drug-likeness (QED) is 0.713. The van der Waals surface area contributed by atoms with Crippen molar-refractivity contribution in [2.75, 3.05) is 6.54 Å². The fourth-order valence-electron chi connectivity index (χ4n) is 2.28. The Balaban J connectivity index is 2.47. The molecule has 0 aliphatic carbocycles. The van der Waals surface area contributed by atoms with Crippen LogP contribution in [0.15, 0.2) is 24.3 Å². The third-order valence-corrected chi connectivity index (χ3v) is 3.41. The molecule has 1 aromatic carbocycles. The lowest BCUT2D eigenvalue weighted by Crippen LogP contribution is -2.33. The highest BCUT2D eigenvalue weighted by Crippen LogP contribution is 2.16. The normalized spacial score (nSPS) is 14.3. The topological polar surface area (TPSA) is 32.3 Å². The average molecular weight is 267 g/mol. The minimum Gasteiger partial charge on any atom is -0.387 e. The van der Waals surface area contributed by atoms with Gasteiger partial charge in [0.2, 0.25) is 0 Å². The van der Waals surface area contributed by atoms with Crippen LogP contribution in [0.1, 0.15) is 57.6 Å². The SMILES string of the molecule is CCCCC(CCC)NCC(O)c1ccccc1F. The van der Waals surface area contributed by atoms with Crippen LogP contribution in [0.3, 0.4) is 0 Å². The number of aliphatic hydroxyl groups is 1. The van der Waals surface area contributed by atoms with Crippen LogP contribution in [0.25, 0.3) is 0 Å². The number of nitrogens with one attached hydrogen (secondary N) is 1. The Bertz CT molecular complexity index is 356. The molecule has 0 radical (unpaired) electrons. The Hall–Kier alpha value is -0.930. The van der Waals surface area contributed by atoms with Gasteiger partial charge in [-0.15, -0.1) is 0 Å². The molecule has 0 bridgehead atoms. The lowest BCUT2D eigenvalue weighted by molar-refractivity contribution is 0.163. The monoisotopic (exact) mass is 267 g/mol. The predicted molar refractivity (Wildman–Crippen MR) is 77.6 cm³/mol. The lowest BCUT2D eigenvalue weighted by Gasteiger charge is -2.20. The van der Waals surface area contributed by atoms with Gasteiger partial charge in [-0.3, -0.25) is 0 Å². The summed E-state index contributed by atoms with van der Waals surface area (Å²) in [4.78, 5) is 0. The number of rotatable bonds is 9. The standard InChI is InChI=1S/C16H26FNO/c1-3-5-9-13(8-4-2)18-12-16(19)14-10-6-7-11-15(14)17/h6-7,10-11,13,16,18-19H,3-5,8-9,12H2,1-2H3. The molecule has 0 aromatic heterocycles. The molecule has 1 rings (SSSR count). The average Bonchev–Trinajstić information content (AvgIpc) is 2.42. The second-order valence-electron chi connectivity index (χ2n) is 5.07. The van der Waals surface area contributed by atoms with Crippen molar-refractivity contribution in [3.63, 3.8) is 0 Å². The Morgan fingerprint density at radius 3 is 2.53 bits per heavy atom. The van der Waals surface area contributed by atoms with Gasteiger partial charge in [0.25, 0.3) is 0 Å². The molecule has 0 saturated heterocycles. The van der Waals surface area contributed by atoms with Gasteiger partial charge in [0, 0.05) is 18.2 Å². The molecule has 19 heavy (non-hydrogen) atoms. The number of aliphatic hydroxyl groups excluding tert-OH is 1. The van der Waals surface area contributed by atoms with E-state index >= 15 is 0 Å². The van der Waals surface area contributed by atoms with Crippen molar-refractivity contribution in [3.05, 3.63) is 35.6 Å². The minimum atomic E-state index is -0.776. The highest BCUT2D eigenvalue weighted by Gasteiger charge is 2.14. The van der Waals surface area contributed by atoms with Crippen LogP contribution in [-0.4, -0.2) is 17.7 Å². The maximum Gasteiger partial charge on any atom is 0.129 e. The van der Waals surface area contributed by atoms with Gasteiger partial charge < -0.3 is 10.4 Å². The molecule has 0 heterocycles. The highest BCUT2D eigenvalue weighted by atomic mass is 19.1. The van der Waals surface area contributed by atoms with E-state index < -0.39 is 6.10 Å². The largest absolute Gasteiger partial charge is 0.387 e. The summed E-state index contributed by atoms with van der Waals surface area (Å²) in [6.45, 7) is 4.75. The van der Waals surface area contributed by atoms with Gasteiger partial charge in [-0.2, -0.15) is 0 Å². The van der Waals surface area contributed by atoms with Crippen molar-refractivity contribution in [3.8, 4) is 0 Å². The first kappa shape index (κ1) is 16.1. The molecule has 0 spiro atoms. The van der Waals surface area contributed by atoms with Gasteiger partial charge in [0.05, 0.1) is 6.10 Å². The van der Waals surface area contributed by atoms with Crippen LogP contribution in [0.5, 0.6) is 0 Å². The number of halogens is 1. The van der Waals surface area contributed by atoms with E-state index in [9.17, 15) is 9.50 Å². The van der Waals surface area contributed by atoms with E-state index in [0.29, 0.717) is 18.2 Å². The molecule has 3 heteroatoms. The molecule has 0 amide bonds. The summed E-state index contributed by atoms with van der Waals surface area (Å²) >= 11 is 0. The third kappa shape index (κ3) is 5.70. The second kappa shape index (κ2) is 9.05. The van der Waals surface area contributed by atoms with Crippen molar-refractivity contribution < 1.29 is 9.50 Å². The van der Waals surface area contributed by atoms with Crippen LogP contribution in [0, 0.1) is 5.82 Å². The summed E-state index contributed by atoms with van der Waals surface area (Å²) in [6.07, 6.45) is 4.93. The second-order valence-corrected chi connectivity index (χ2v) is 5.07. The molecular weight excluding hydrogens is 241 g/mol. The Kier molecular flexibility index (Phi) is 7.68. The fourth-order valence-corrected chi connectivity index (χ4v) is 2.28. The molecule has 0 aliphatic rings. The first-order valence-electron chi connectivity index (χ1n) is 7.34. The van der Waals surface area contributed by atoms with Crippen LogP contribution >= 0.6 is 0 Å². The van der Waals surface area contributed by atoms with E-state index in [-0.39, 0.29) is 5.82 Å². The summed E-state index contributed by atoms with van der Waals surface area (Å²) in [7, 11) is 0. The number of hydrogen-bond donors (Lipinski definition) is 2. The maximum absolute atomic E-state index is 13.5. The Morgan fingerprint density at radius 2 is 1.89 bits per heavy atom. The highest BCUT2D eigenvalue weighted by molar-refractivity contribution is 5.19. The Labute approximate surface area is 116 Å². The van der Waals surface area contributed by atoms with E-state index in [1.54, 1.807) is 18.2 Å². The molecule has 1 aromatic rings. The molecule has 2 N–H and O–H groups in total. The van der Waals surface area contributed by atoms with Crippen molar-refractivity contribution >= 4 is 0 Å². The zero-order chi connectivity index (χ0) is 14.1. The fraction of sp³-hybridized carbons (Fsp3) is 0.625. The molecule has 0 fully saturated rings. The van der Waals surface area contributed by atoms with E-state index in [4.69, 9.17) is 0 Å². The van der Waals surface area contributed by atoms with Crippen molar-refractivity contribution in [2.24, 2.45) is 0 Å². The van der Waals surface area contributed by atoms with Gasteiger partial charge in [0.1, 0.15) is 5.82 Å². The summed E-state index contributed by atoms with van der Waals surface area (Å²) in [6, 6.07) is 6.84. The van der Waals surface area contributed by atoms with Crippen molar-refractivity contribution in [2.45, 2.75) is 58.1 Å². The molecule has 0 saturated carbocycles.